The lowest BCUT2D eigenvalue weighted by molar-refractivity contribution is 0.215. The molecule has 1 atom stereocenters. The molecule has 1 heterocycles. The zero-order chi connectivity index (χ0) is 13.1. The van der Waals surface area contributed by atoms with Crippen LogP contribution in [-0.2, 0) is 6.42 Å². The Morgan fingerprint density at radius 3 is 3.00 bits per heavy atom. The Labute approximate surface area is 106 Å². The number of H-pyrrole nitrogens is 1. The number of nitrogens with zero attached hydrogens (tertiary/aromatic N) is 1. The summed E-state index contributed by atoms with van der Waals surface area (Å²) < 4.78 is 0. The molecule has 0 unspecified atom stereocenters. The highest BCUT2D eigenvalue weighted by Crippen LogP contribution is 2.21. The molecule has 0 saturated heterocycles. The molecule has 5 nitrogen and oxygen atoms in total. The summed E-state index contributed by atoms with van der Waals surface area (Å²) in [5.41, 5.74) is 2.50. The standard InChI is InChI=1S/C13H19N3O2/c1-8(2)11(6-17)14-5-9-3-4-10-12(9)15-7-16-13(10)18/h3,7-8,11,14,17H,4-6H2,1-2H3,(H,15,16,18)/t11-/m1/s1. The fourth-order valence-electron chi connectivity index (χ4n) is 2.12. The van der Waals surface area contributed by atoms with Crippen LogP contribution in [0.25, 0.3) is 5.57 Å². The highest BCUT2D eigenvalue weighted by Gasteiger charge is 2.19. The van der Waals surface area contributed by atoms with Crippen molar-refractivity contribution in [3.05, 3.63) is 34.0 Å². The molecule has 0 spiro atoms. The minimum Gasteiger partial charge on any atom is -0.395 e. The first-order chi connectivity index (χ1) is 8.63. The summed E-state index contributed by atoms with van der Waals surface area (Å²) in [4.78, 5) is 18.4. The molecule has 2 rings (SSSR count). The molecule has 1 aromatic rings. The Morgan fingerprint density at radius 2 is 2.33 bits per heavy atom. The van der Waals surface area contributed by atoms with Gasteiger partial charge in [-0.2, -0.15) is 0 Å². The van der Waals surface area contributed by atoms with E-state index in [1.54, 1.807) is 0 Å². The van der Waals surface area contributed by atoms with Crippen molar-refractivity contribution >= 4 is 5.57 Å². The number of hydrogen-bond acceptors (Lipinski definition) is 4. The number of allylic oxidation sites excluding steroid dienone is 1. The third-order valence-corrected chi connectivity index (χ3v) is 3.36. The van der Waals surface area contributed by atoms with Crippen molar-refractivity contribution in [2.24, 2.45) is 5.92 Å². The van der Waals surface area contributed by atoms with E-state index in [1.807, 2.05) is 6.08 Å². The molecule has 1 aliphatic rings. The van der Waals surface area contributed by atoms with Gasteiger partial charge in [-0.25, -0.2) is 4.98 Å². The van der Waals surface area contributed by atoms with Crippen LogP contribution in [0.4, 0.5) is 0 Å². The van der Waals surface area contributed by atoms with Gasteiger partial charge in [0.1, 0.15) is 0 Å². The predicted octanol–water partition coefficient (Wildman–Crippen LogP) is 0.316. The fraction of sp³-hybridized carbons (Fsp3) is 0.538. The van der Waals surface area contributed by atoms with E-state index < -0.39 is 0 Å². The maximum atomic E-state index is 11.6. The lowest BCUT2D eigenvalue weighted by Crippen LogP contribution is -2.37. The van der Waals surface area contributed by atoms with E-state index in [-0.39, 0.29) is 18.2 Å². The van der Waals surface area contributed by atoms with Crippen LogP contribution in [0, 0.1) is 5.92 Å². The Balaban J connectivity index is 2.06. The summed E-state index contributed by atoms with van der Waals surface area (Å²) in [6.07, 6.45) is 4.10. The average Bonchev–Trinajstić information content (AvgIpc) is 2.74. The monoisotopic (exact) mass is 249 g/mol. The van der Waals surface area contributed by atoms with Crippen LogP contribution in [0.5, 0.6) is 0 Å². The summed E-state index contributed by atoms with van der Waals surface area (Å²) in [6, 6.07) is 0.0666. The zero-order valence-corrected chi connectivity index (χ0v) is 10.7. The van der Waals surface area contributed by atoms with Crippen LogP contribution in [0.3, 0.4) is 0 Å². The third-order valence-electron chi connectivity index (χ3n) is 3.36. The van der Waals surface area contributed by atoms with E-state index in [4.69, 9.17) is 0 Å². The van der Waals surface area contributed by atoms with Gasteiger partial charge in [-0.05, 0) is 17.9 Å². The topological polar surface area (TPSA) is 78.0 Å². The molecule has 18 heavy (non-hydrogen) atoms. The maximum Gasteiger partial charge on any atom is 0.254 e. The second-order valence-corrected chi connectivity index (χ2v) is 4.91. The first-order valence-corrected chi connectivity index (χ1v) is 6.23. The smallest absolute Gasteiger partial charge is 0.254 e. The number of aromatic amines is 1. The van der Waals surface area contributed by atoms with Gasteiger partial charge in [0.05, 0.1) is 18.6 Å². The van der Waals surface area contributed by atoms with Crippen LogP contribution in [-0.4, -0.2) is 34.3 Å². The summed E-state index contributed by atoms with van der Waals surface area (Å²) >= 11 is 0. The third kappa shape index (κ3) is 2.52. The van der Waals surface area contributed by atoms with Gasteiger partial charge in [-0.15, -0.1) is 0 Å². The highest BCUT2D eigenvalue weighted by atomic mass is 16.3. The van der Waals surface area contributed by atoms with Crippen molar-refractivity contribution in [3.63, 3.8) is 0 Å². The van der Waals surface area contributed by atoms with E-state index in [0.717, 1.165) is 16.8 Å². The van der Waals surface area contributed by atoms with Gasteiger partial charge >= 0.3 is 0 Å². The number of fused-ring (bicyclic) bond motifs is 1. The van der Waals surface area contributed by atoms with Gasteiger partial charge < -0.3 is 15.4 Å². The normalized spacial score (nSPS) is 15.7. The molecule has 0 bridgehead atoms. The van der Waals surface area contributed by atoms with Crippen molar-refractivity contribution in [2.75, 3.05) is 13.2 Å². The predicted molar refractivity (Wildman–Crippen MR) is 70.3 cm³/mol. The molecule has 5 heteroatoms. The summed E-state index contributed by atoms with van der Waals surface area (Å²) in [5.74, 6) is 0.364. The van der Waals surface area contributed by atoms with Crippen molar-refractivity contribution in [3.8, 4) is 0 Å². The molecule has 0 radical (unpaired) electrons. The number of aromatic nitrogens is 2. The van der Waals surface area contributed by atoms with Crippen LogP contribution in [0.2, 0.25) is 0 Å². The fourth-order valence-corrected chi connectivity index (χ4v) is 2.12. The first-order valence-electron chi connectivity index (χ1n) is 6.23. The minimum atomic E-state index is -0.0613. The van der Waals surface area contributed by atoms with E-state index in [0.29, 0.717) is 18.9 Å². The molecular weight excluding hydrogens is 230 g/mol. The molecule has 98 valence electrons. The van der Waals surface area contributed by atoms with E-state index >= 15 is 0 Å². The second-order valence-electron chi connectivity index (χ2n) is 4.91. The number of hydrogen-bond donors (Lipinski definition) is 3. The maximum absolute atomic E-state index is 11.6. The van der Waals surface area contributed by atoms with E-state index in [2.05, 4.69) is 29.1 Å². The zero-order valence-electron chi connectivity index (χ0n) is 10.7. The molecule has 0 fully saturated rings. The molecular formula is C13H19N3O2. The SMILES string of the molecule is CC(C)[C@@H](CO)NCC1=CCc2c1nc[nH]c2=O. The van der Waals surface area contributed by atoms with Crippen molar-refractivity contribution in [1.29, 1.82) is 0 Å². The van der Waals surface area contributed by atoms with E-state index in [1.165, 1.54) is 6.33 Å². The summed E-state index contributed by atoms with van der Waals surface area (Å²) in [7, 11) is 0. The highest BCUT2D eigenvalue weighted by molar-refractivity contribution is 5.70. The minimum absolute atomic E-state index is 0.0613. The van der Waals surface area contributed by atoms with Crippen molar-refractivity contribution < 1.29 is 5.11 Å². The van der Waals surface area contributed by atoms with Crippen LogP contribution in [0.1, 0.15) is 25.1 Å². The van der Waals surface area contributed by atoms with Gasteiger partial charge in [-0.1, -0.05) is 19.9 Å². The number of aliphatic hydroxyl groups is 1. The lowest BCUT2D eigenvalue weighted by Gasteiger charge is -2.20. The largest absolute Gasteiger partial charge is 0.395 e. The van der Waals surface area contributed by atoms with Gasteiger partial charge in [0.25, 0.3) is 5.56 Å². The molecule has 0 aliphatic heterocycles. The number of aliphatic hydroxyl groups excluding tert-OH is 1. The Bertz CT molecular complexity index is 505. The van der Waals surface area contributed by atoms with Crippen LogP contribution < -0.4 is 10.9 Å². The van der Waals surface area contributed by atoms with Gasteiger partial charge in [0, 0.05) is 18.2 Å². The van der Waals surface area contributed by atoms with Crippen LogP contribution >= 0.6 is 0 Å². The van der Waals surface area contributed by atoms with Gasteiger partial charge in [0.15, 0.2) is 0 Å². The summed E-state index contributed by atoms with van der Waals surface area (Å²) in [5, 5.41) is 12.6. The van der Waals surface area contributed by atoms with Crippen LogP contribution in [0.15, 0.2) is 17.2 Å². The first kappa shape index (κ1) is 13.0. The van der Waals surface area contributed by atoms with E-state index in [9.17, 15) is 9.90 Å². The summed E-state index contributed by atoms with van der Waals surface area (Å²) in [6.45, 7) is 4.87. The Hall–Kier alpha value is -1.46. The van der Waals surface area contributed by atoms with Gasteiger partial charge in [0.2, 0.25) is 0 Å². The quantitative estimate of drug-likeness (QED) is 0.702. The van der Waals surface area contributed by atoms with Gasteiger partial charge in [-0.3, -0.25) is 4.79 Å². The molecule has 1 aliphatic carbocycles. The second kappa shape index (κ2) is 5.46. The number of nitrogens with one attached hydrogen (secondary N) is 2. The molecule has 0 amide bonds. The molecule has 0 aromatic carbocycles. The molecule has 0 saturated carbocycles. The Kier molecular flexibility index (Phi) is 3.93. The molecule has 3 N–H and O–H groups in total. The Morgan fingerprint density at radius 1 is 1.56 bits per heavy atom. The molecule has 1 aromatic heterocycles. The van der Waals surface area contributed by atoms with Crippen molar-refractivity contribution in [1.82, 2.24) is 15.3 Å². The lowest BCUT2D eigenvalue weighted by atomic mass is 10.0. The van der Waals surface area contributed by atoms with Crippen molar-refractivity contribution in [2.45, 2.75) is 26.3 Å². The average molecular weight is 249 g/mol. The number of rotatable bonds is 5.